The molecule has 0 aliphatic rings. The molecular formula is C13H17N3O. The number of benzene rings is 1. The van der Waals surface area contributed by atoms with E-state index in [2.05, 4.69) is 17.2 Å². The Bertz CT molecular complexity index is 445. The van der Waals surface area contributed by atoms with Crippen LogP contribution in [0, 0.1) is 11.8 Å². The maximum Gasteiger partial charge on any atom is 0.317 e. The molecule has 4 nitrogen and oxygen atoms in total. The third kappa shape index (κ3) is 3.82. The number of nitrogens with zero attached hydrogens (tertiary/aromatic N) is 1. The molecule has 90 valence electrons. The minimum absolute atomic E-state index is 0.119. The zero-order valence-corrected chi connectivity index (χ0v) is 10.2. The summed E-state index contributed by atoms with van der Waals surface area (Å²) in [6.45, 7) is 0.856. The van der Waals surface area contributed by atoms with Crippen LogP contribution in [0.5, 0.6) is 0 Å². The fourth-order valence-electron chi connectivity index (χ4n) is 1.44. The van der Waals surface area contributed by atoms with Crippen molar-refractivity contribution in [3.63, 3.8) is 0 Å². The Hall–Kier alpha value is -1.99. The van der Waals surface area contributed by atoms with E-state index in [-0.39, 0.29) is 6.03 Å². The van der Waals surface area contributed by atoms with Gasteiger partial charge in [-0.1, -0.05) is 30.0 Å². The van der Waals surface area contributed by atoms with Gasteiger partial charge in [-0.05, 0) is 11.6 Å². The predicted molar refractivity (Wildman–Crippen MR) is 68.3 cm³/mol. The van der Waals surface area contributed by atoms with Gasteiger partial charge in [0.25, 0.3) is 0 Å². The monoisotopic (exact) mass is 231 g/mol. The summed E-state index contributed by atoms with van der Waals surface area (Å²) in [5.41, 5.74) is 7.27. The Balaban J connectivity index is 2.87. The van der Waals surface area contributed by atoms with E-state index in [9.17, 15) is 4.79 Å². The van der Waals surface area contributed by atoms with Crippen LogP contribution in [0.3, 0.4) is 0 Å². The second kappa shape index (κ2) is 6.56. The molecule has 0 spiro atoms. The number of nitrogens with one attached hydrogen (secondary N) is 1. The van der Waals surface area contributed by atoms with Crippen molar-refractivity contribution in [2.24, 2.45) is 5.73 Å². The molecule has 0 atom stereocenters. The lowest BCUT2D eigenvalue weighted by molar-refractivity contribution is 0.209. The van der Waals surface area contributed by atoms with Crippen LogP contribution in [-0.2, 0) is 6.54 Å². The van der Waals surface area contributed by atoms with Gasteiger partial charge in [-0.25, -0.2) is 4.79 Å². The molecule has 0 saturated carbocycles. The van der Waals surface area contributed by atoms with Crippen LogP contribution >= 0.6 is 0 Å². The van der Waals surface area contributed by atoms with E-state index >= 15 is 0 Å². The first kappa shape index (κ1) is 13.1. The minimum Gasteiger partial charge on any atom is -0.341 e. The van der Waals surface area contributed by atoms with Crippen LogP contribution in [0.15, 0.2) is 24.3 Å². The van der Waals surface area contributed by atoms with Crippen LogP contribution < -0.4 is 11.1 Å². The molecule has 0 aromatic heterocycles. The van der Waals surface area contributed by atoms with Gasteiger partial charge in [-0.2, -0.15) is 0 Å². The Labute approximate surface area is 102 Å². The lowest BCUT2D eigenvalue weighted by Gasteiger charge is -2.17. The van der Waals surface area contributed by atoms with Crippen molar-refractivity contribution in [3.8, 4) is 11.8 Å². The summed E-state index contributed by atoms with van der Waals surface area (Å²) in [7, 11) is 3.35. The molecule has 3 N–H and O–H groups in total. The molecular weight excluding hydrogens is 214 g/mol. The molecule has 4 heteroatoms. The molecule has 0 aliphatic heterocycles. The van der Waals surface area contributed by atoms with Crippen LogP contribution in [0.4, 0.5) is 4.79 Å². The van der Waals surface area contributed by atoms with E-state index < -0.39 is 0 Å². The summed E-state index contributed by atoms with van der Waals surface area (Å²) < 4.78 is 0. The van der Waals surface area contributed by atoms with E-state index in [0.29, 0.717) is 13.1 Å². The zero-order valence-electron chi connectivity index (χ0n) is 10.2. The maximum absolute atomic E-state index is 11.4. The molecule has 0 radical (unpaired) electrons. The Morgan fingerprint density at radius 1 is 1.47 bits per heavy atom. The summed E-state index contributed by atoms with van der Waals surface area (Å²) in [5.74, 6) is 5.82. The predicted octanol–water partition coefficient (Wildman–Crippen LogP) is 0.768. The average Bonchev–Trinajstić information content (AvgIpc) is 2.36. The maximum atomic E-state index is 11.4. The van der Waals surface area contributed by atoms with Gasteiger partial charge < -0.3 is 16.0 Å². The van der Waals surface area contributed by atoms with Crippen LogP contribution in [-0.4, -0.2) is 31.6 Å². The molecule has 17 heavy (non-hydrogen) atoms. The summed E-state index contributed by atoms with van der Waals surface area (Å²) in [6, 6.07) is 7.62. The highest BCUT2D eigenvalue weighted by molar-refractivity contribution is 5.73. The van der Waals surface area contributed by atoms with E-state index in [1.54, 1.807) is 19.0 Å². The largest absolute Gasteiger partial charge is 0.341 e. The number of urea groups is 1. The molecule has 0 fully saturated rings. The summed E-state index contributed by atoms with van der Waals surface area (Å²) in [5, 5.41) is 2.58. The SMILES string of the molecule is CNC(=O)N(C)Cc1ccccc1C#CCN. The van der Waals surface area contributed by atoms with Crippen molar-refractivity contribution in [1.82, 2.24) is 10.2 Å². The van der Waals surface area contributed by atoms with Crippen LogP contribution in [0.25, 0.3) is 0 Å². The van der Waals surface area contributed by atoms with Crippen molar-refractivity contribution < 1.29 is 4.79 Å². The zero-order chi connectivity index (χ0) is 12.7. The summed E-state index contributed by atoms with van der Waals surface area (Å²) >= 11 is 0. The molecule has 0 aliphatic carbocycles. The Morgan fingerprint density at radius 2 is 2.18 bits per heavy atom. The fourth-order valence-corrected chi connectivity index (χ4v) is 1.44. The smallest absolute Gasteiger partial charge is 0.317 e. The van der Waals surface area contributed by atoms with E-state index in [4.69, 9.17) is 5.73 Å². The van der Waals surface area contributed by atoms with Gasteiger partial charge in [-0.15, -0.1) is 0 Å². The third-order valence-corrected chi connectivity index (χ3v) is 2.31. The molecule has 0 unspecified atom stereocenters. The number of hydrogen-bond donors (Lipinski definition) is 2. The van der Waals surface area contributed by atoms with Crippen molar-refractivity contribution in [1.29, 1.82) is 0 Å². The van der Waals surface area contributed by atoms with E-state index in [0.717, 1.165) is 11.1 Å². The topological polar surface area (TPSA) is 58.4 Å². The van der Waals surface area contributed by atoms with E-state index in [1.807, 2.05) is 24.3 Å². The van der Waals surface area contributed by atoms with Crippen LogP contribution in [0.1, 0.15) is 11.1 Å². The minimum atomic E-state index is -0.119. The summed E-state index contributed by atoms with van der Waals surface area (Å²) in [4.78, 5) is 13.0. The van der Waals surface area contributed by atoms with Crippen molar-refractivity contribution in [2.45, 2.75) is 6.54 Å². The number of amides is 2. The number of hydrogen-bond acceptors (Lipinski definition) is 2. The number of nitrogens with two attached hydrogens (primary N) is 1. The first-order chi connectivity index (χ1) is 8.19. The first-order valence-corrected chi connectivity index (χ1v) is 5.38. The van der Waals surface area contributed by atoms with Crippen molar-refractivity contribution in [3.05, 3.63) is 35.4 Å². The normalized spacial score (nSPS) is 9.12. The quantitative estimate of drug-likeness (QED) is 0.739. The standard InChI is InChI=1S/C13H17N3O/c1-15-13(17)16(2)10-12-7-4-3-6-11(12)8-5-9-14/h3-4,6-7H,9-10,14H2,1-2H3,(H,15,17). The lowest BCUT2D eigenvalue weighted by atomic mass is 10.1. The number of carbonyl (C=O) groups excluding carboxylic acids is 1. The number of carbonyl (C=O) groups is 1. The number of rotatable bonds is 2. The molecule has 1 aromatic carbocycles. The van der Waals surface area contributed by atoms with Gasteiger partial charge >= 0.3 is 6.03 Å². The highest BCUT2D eigenvalue weighted by Crippen LogP contribution is 2.09. The molecule has 1 aromatic rings. The van der Waals surface area contributed by atoms with Gasteiger partial charge in [0.2, 0.25) is 0 Å². The first-order valence-electron chi connectivity index (χ1n) is 5.38. The molecule has 0 bridgehead atoms. The second-order valence-electron chi connectivity index (χ2n) is 3.57. The summed E-state index contributed by atoms with van der Waals surface area (Å²) in [6.07, 6.45) is 0. The van der Waals surface area contributed by atoms with E-state index in [1.165, 1.54) is 0 Å². The lowest BCUT2D eigenvalue weighted by Crippen LogP contribution is -2.34. The van der Waals surface area contributed by atoms with Crippen molar-refractivity contribution >= 4 is 6.03 Å². The Kier molecular flexibility index (Phi) is 5.05. The highest BCUT2D eigenvalue weighted by Gasteiger charge is 2.08. The Morgan fingerprint density at radius 3 is 2.82 bits per heavy atom. The van der Waals surface area contributed by atoms with Gasteiger partial charge in [0.1, 0.15) is 0 Å². The van der Waals surface area contributed by atoms with Gasteiger partial charge in [0, 0.05) is 26.2 Å². The molecule has 0 heterocycles. The third-order valence-electron chi connectivity index (χ3n) is 2.31. The van der Waals surface area contributed by atoms with Gasteiger partial charge in [-0.3, -0.25) is 0 Å². The molecule has 0 saturated heterocycles. The fraction of sp³-hybridized carbons (Fsp3) is 0.308. The second-order valence-corrected chi connectivity index (χ2v) is 3.57. The average molecular weight is 231 g/mol. The molecule has 2 amide bonds. The van der Waals surface area contributed by atoms with Crippen LogP contribution in [0.2, 0.25) is 0 Å². The van der Waals surface area contributed by atoms with Gasteiger partial charge in [0.05, 0.1) is 6.54 Å². The molecule has 1 rings (SSSR count). The van der Waals surface area contributed by atoms with Crippen molar-refractivity contribution in [2.75, 3.05) is 20.6 Å². The van der Waals surface area contributed by atoms with Gasteiger partial charge in [0.15, 0.2) is 0 Å². The highest BCUT2D eigenvalue weighted by atomic mass is 16.2.